The van der Waals surface area contributed by atoms with E-state index in [1.165, 1.54) is 0 Å². The van der Waals surface area contributed by atoms with Gasteiger partial charge in [0.2, 0.25) is 11.8 Å². The fourth-order valence-electron chi connectivity index (χ4n) is 4.69. The van der Waals surface area contributed by atoms with Crippen molar-refractivity contribution in [1.82, 2.24) is 24.8 Å². The smallest absolute Gasteiger partial charge is 0.225 e. The van der Waals surface area contributed by atoms with E-state index in [-0.39, 0.29) is 6.10 Å². The van der Waals surface area contributed by atoms with Crippen molar-refractivity contribution >= 4 is 22.7 Å². The van der Waals surface area contributed by atoms with E-state index in [1.54, 1.807) is 25.7 Å². The molecule has 1 N–H and O–H groups in total. The Morgan fingerprint density at radius 3 is 2.45 bits per heavy atom. The molecule has 38 heavy (non-hydrogen) atoms. The molecule has 1 saturated carbocycles. The number of methoxy groups -OCH3 is 1. The predicted molar refractivity (Wildman–Crippen MR) is 145 cm³/mol. The Balaban J connectivity index is 1.20. The van der Waals surface area contributed by atoms with E-state index in [2.05, 4.69) is 30.1 Å². The minimum Gasteiger partial charge on any atom is -0.495 e. The summed E-state index contributed by atoms with van der Waals surface area (Å²) >= 11 is 0. The van der Waals surface area contributed by atoms with Crippen LogP contribution in [0, 0.1) is 0 Å². The van der Waals surface area contributed by atoms with Crippen molar-refractivity contribution in [2.45, 2.75) is 37.8 Å². The maximum absolute atomic E-state index is 6.52. The summed E-state index contributed by atoms with van der Waals surface area (Å²) in [5.41, 5.74) is 0.846. The van der Waals surface area contributed by atoms with Crippen molar-refractivity contribution in [2.24, 2.45) is 0 Å². The fraction of sp³-hybridized carbons (Fsp3) is 0.556. The van der Waals surface area contributed by atoms with Crippen LogP contribution in [0.15, 0.2) is 30.7 Å². The number of ether oxygens (including phenoxy) is 4. The minimum absolute atomic E-state index is 0.0725. The molecular weight excluding hydrogens is 486 g/mol. The van der Waals surface area contributed by atoms with E-state index < -0.39 is 0 Å². The van der Waals surface area contributed by atoms with Gasteiger partial charge in [0.05, 0.1) is 49.8 Å². The Kier molecular flexibility index (Phi) is 8.54. The molecule has 3 aromatic rings. The van der Waals surface area contributed by atoms with Crippen molar-refractivity contribution < 1.29 is 18.9 Å². The van der Waals surface area contributed by atoms with Gasteiger partial charge in [-0.15, -0.1) is 0 Å². The van der Waals surface area contributed by atoms with E-state index >= 15 is 0 Å². The molecule has 1 aliphatic carbocycles. The molecule has 0 unspecified atom stereocenters. The SMILES string of the molecule is COc1cnc2cc(N3CCOCC3)nc(OC3CCC(Nc4ncc(OCCN(C)C)cn4)CC3)c2c1. The Morgan fingerprint density at radius 2 is 1.74 bits per heavy atom. The number of hydrogen-bond donors (Lipinski definition) is 1. The normalized spacial score (nSPS) is 19.9. The Labute approximate surface area is 223 Å². The Bertz CT molecular complexity index is 1180. The van der Waals surface area contributed by atoms with Crippen molar-refractivity contribution in [3.63, 3.8) is 0 Å². The second-order valence-electron chi connectivity index (χ2n) is 9.96. The van der Waals surface area contributed by atoms with Crippen LogP contribution in [0.5, 0.6) is 17.4 Å². The van der Waals surface area contributed by atoms with Crippen LogP contribution in [0.4, 0.5) is 11.8 Å². The molecule has 11 nitrogen and oxygen atoms in total. The van der Waals surface area contributed by atoms with Gasteiger partial charge >= 0.3 is 0 Å². The van der Waals surface area contributed by atoms with E-state index in [0.717, 1.165) is 62.0 Å². The van der Waals surface area contributed by atoms with Crippen LogP contribution in [0.1, 0.15) is 25.7 Å². The zero-order valence-corrected chi connectivity index (χ0v) is 22.4. The van der Waals surface area contributed by atoms with E-state index in [1.807, 2.05) is 26.2 Å². The van der Waals surface area contributed by atoms with E-state index in [9.17, 15) is 0 Å². The number of nitrogens with zero attached hydrogens (tertiary/aromatic N) is 6. The minimum atomic E-state index is 0.0725. The van der Waals surface area contributed by atoms with Crippen molar-refractivity contribution in [3.05, 3.63) is 30.7 Å². The zero-order chi connectivity index (χ0) is 26.3. The number of hydrogen-bond acceptors (Lipinski definition) is 11. The zero-order valence-electron chi connectivity index (χ0n) is 22.4. The van der Waals surface area contributed by atoms with Crippen LogP contribution in [-0.4, -0.2) is 97.6 Å². The average Bonchev–Trinajstić information content (AvgIpc) is 2.95. The van der Waals surface area contributed by atoms with Crippen LogP contribution >= 0.6 is 0 Å². The molecular formula is C27H37N7O4. The molecule has 11 heteroatoms. The Morgan fingerprint density at radius 1 is 1.00 bits per heavy atom. The number of fused-ring (bicyclic) bond motifs is 1. The summed E-state index contributed by atoms with van der Waals surface area (Å²) in [6.07, 6.45) is 8.98. The van der Waals surface area contributed by atoms with Gasteiger partial charge in [-0.2, -0.15) is 4.98 Å². The third-order valence-electron chi connectivity index (χ3n) is 6.90. The highest BCUT2D eigenvalue weighted by Crippen LogP contribution is 2.33. The molecule has 0 radical (unpaired) electrons. The quantitative estimate of drug-likeness (QED) is 0.424. The van der Waals surface area contributed by atoms with Crippen molar-refractivity contribution in [3.8, 4) is 17.4 Å². The monoisotopic (exact) mass is 523 g/mol. The third-order valence-corrected chi connectivity index (χ3v) is 6.90. The molecule has 2 aliphatic rings. The summed E-state index contributed by atoms with van der Waals surface area (Å²) in [7, 11) is 5.67. The molecule has 0 spiro atoms. The molecule has 1 aliphatic heterocycles. The standard InChI is InChI=1S/C27H37N7O4/c1-33(2)8-13-37-22-17-29-27(30-18-22)31-19-4-6-20(7-5-19)38-26-23-14-21(35-3)16-28-24(23)15-25(32-26)34-9-11-36-12-10-34/h14-20H,4-13H2,1-3H3,(H,29,30,31). The number of pyridine rings is 2. The first-order valence-corrected chi connectivity index (χ1v) is 13.3. The van der Waals surface area contributed by atoms with Crippen LogP contribution in [0.25, 0.3) is 10.9 Å². The lowest BCUT2D eigenvalue weighted by molar-refractivity contribution is 0.122. The maximum atomic E-state index is 6.52. The largest absolute Gasteiger partial charge is 0.495 e. The first-order chi connectivity index (χ1) is 18.6. The molecule has 2 fully saturated rings. The van der Waals surface area contributed by atoms with Crippen molar-refractivity contribution in [1.29, 1.82) is 0 Å². The Hall–Kier alpha value is -3.44. The van der Waals surface area contributed by atoms with Gasteiger partial charge in [-0.3, -0.25) is 4.98 Å². The molecule has 0 bridgehead atoms. The third kappa shape index (κ3) is 6.70. The summed E-state index contributed by atoms with van der Waals surface area (Å²) in [4.78, 5) is 22.7. The average molecular weight is 524 g/mol. The number of aromatic nitrogens is 4. The molecule has 204 valence electrons. The fourth-order valence-corrected chi connectivity index (χ4v) is 4.69. The van der Waals surface area contributed by atoms with Crippen LogP contribution in [0.2, 0.25) is 0 Å². The molecule has 0 amide bonds. The topological polar surface area (TPSA) is 107 Å². The van der Waals surface area contributed by atoms with Gasteiger partial charge in [0, 0.05) is 31.7 Å². The highest BCUT2D eigenvalue weighted by Gasteiger charge is 2.25. The molecule has 4 heterocycles. The predicted octanol–water partition coefficient (Wildman–Crippen LogP) is 3.01. The number of anilines is 2. The summed E-state index contributed by atoms with van der Waals surface area (Å²) in [6, 6.07) is 4.26. The van der Waals surface area contributed by atoms with Gasteiger partial charge in [-0.05, 0) is 45.8 Å². The summed E-state index contributed by atoms with van der Waals surface area (Å²) in [5, 5.41) is 4.33. The first-order valence-electron chi connectivity index (χ1n) is 13.3. The lowest BCUT2D eigenvalue weighted by atomic mass is 9.93. The van der Waals surface area contributed by atoms with E-state index in [0.29, 0.717) is 49.2 Å². The summed E-state index contributed by atoms with van der Waals surface area (Å²) in [6.45, 7) is 4.44. The molecule has 0 aromatic carbocycles. The first kappa shape index (κ1) is 26.2. The van der Waals surface area contributed by atoms with Gasteiger partial charge in [0.25, 0.3) is 0 Å². The lowest BCUT2D eigenvalue weighted by Gasteiger charge is -2.31. The van der Waals surface area contributed by atoms with Gasteiger partial charge in [-0.1, -0.05) is 0 Å². The van der Waals surface area contributed by atoms with Gasteiger partial charge < -0.3 is 34.1 Å². The molecule has 5 rings (SSSR count). The molecule has 3 aromatic heterocycles. The number of likely N-dealkylation sites (N-methyl/N-ethyl adjacent to an activating group) is 1. The van der Waals surface area contributed by atoms with Gasteiger partial charge in [0.15, 0.2) is 5.75 Å². The number of nitrogens with one attached hydrogen (secondary N) is 1. The molecule has 0 atom stereocenters. The van der Waals surface area contributed by atoms with Crippen LogP contribution < -0.4 is 24.4 Å². The second kappa shape index (κ2) is 12.4. The van der Waals surface area contributed by atoms with Crippen LogP contribution in [0.3, 0.4) is 0 Å². The number of morpholine rings is 1. The van der Waals surface area contributed by atoms with Gasteiger partial charge in [0.1, 0.15) is 24.3 Å². The molecule has 1 saturated heterocycles. The summed E-state index contributed by atoms with van der Waals surface area (Å²) < 4.78 is 23.1. The highest BCUT2D eigenvalue weighted by atomic mass is 16.5. The van der Waals surface area contributed by atoms with E-state index in [4.69, 9.17) is 23.9 Å². The van der Waals surface area contributed by atoms with Crippen LogP contribution in [-0.2, 0) is 4.74 Å². The highest BCUT2D eigenvalue weighted by molar-refractivity contribution is 5.87. The maximum Gasteiger partial charge on any atom is 0.225 e. The summed E-state index contributed by atoms with van der Waals surface area (Å²) in [5.74, 6) is 3.47. The number of rotatable bonds is 10. The second-order valence-corrected chi connectivity index (χ2v) is 9.96. The van der Waals surface area contributed by atoms with Crippen molar-refractivity contribution in [2.75, 3.05) is 70.9 Å². The van der Waals surface area contributed by atoms with Gasteiger partial charge in [-0.25, -0.2) is 9.97 Å². The lowest BCUT2D eigenvalue weighted by Crippen LogP contribution is -2.37.